The highest BCUT2D eigenvalue weighted by Crippen LogP contribution is 2.20. The van der Waals surface area contributed by atoms with Crippen LogP contribution in [0.2, 0.25) is 0 Å². The van der Waals surface area contributed by atoms with Gasteiger partial charge in [0, 0.05) is 11.1 Å². The first-order chi connectivity index (χ1) is 9.72. The van der Waals surface area contributed by atoms with Crippen LogP contribution in [0, 0.1) is 12.7 Å². The van der Waals surface area contributed by atoms with Crippen molar-refractivity contribution >= 4 is 17.0 Å². The lowest BCUT2D eigenvalue weighted by molar-refractivity contribution is 0.629. The molecule has 6 nitrogen and oxygen atoms in total. The smallest absolute Gasteiger partial charge is 0.146 e. The minimum Gasteiger partial charge on any atom is -0.378 e. The number of aryl methyl sites for hydroxylation is 1. The molecule has 8 heteroatoms. The van der Waals surface area contributed by atoms with Crippen LogP contribution >= 0.6 is 11.3 Å². The summed E-state index contributed by atoms with van der Waals surface area (Å²) in [6, 6.07) is 4.67. The van der Waals surface area contributed by atoms with E-state index in [0.717, 1.165) is 9.88 Å². The predicted octanol–water partition coefficient (Wildman–Crippen LogP) is 2.18. The predicted molar refractivity (Wildman–Crippen MR) is 73.3 cm³/mol. The van der Waals surface area contributed by atoms with E-state index in [9.17, 15) is 4.39 Å². The summed E-state index contributed by atoms with van der Waals surface area (Å²) in [4.78, 5) is 5.21. The van der Waals surface area contributed by atoms with Crippen molar-refractivity contribution in [1.29, 1.82) is 0 Å². The SMILES string of the molecule is Cc1ncc(CNc2cc(-n3cnnn3)ccc2F)s1. The average molecular weight is 290 g/mol. The van der Waals surface area contributed by atoms with Crippen LogP contribution in [0.3, 0.4) is 0 Å². The van der Waals surface area contributed by atoms with Crippen LogP contribution < -0.4 is 5.32 Å². The number of hydrogen-bond donors (Lipinski definition) is 1. The summed E-state index contributed by atoms with van der Waals surface area (Å²) in [6.45, 7) is 2.47. The van der Waals surface area contributed by atoms with E-state index >= 15 is 0 Å². The fraction of sp³-hybridized carbons (Fsp3) is 0.167. The third kappa shape index (κ3) is 2.64. The van der Waals surface area contributed by atoms with Crippen LogP contribution in [0.25, 0.3) is 5.69 Å². The van der Waals surface area contributed by atoms with Gasteiger partial charge in [-0.2, -0.15) is 0 Å². The fourth-order valence-electron chi connectivity index (χ4n) is 1.74. The van der Waals surface area contributed by atoms with Gasteiger partial charge in [0.2, 0.25) is 0 Å². The van der Waals surface area contributed by atoms with Crippen molar-refractivity contribution in [3.63, 3.8) is 0 Å². The van der Waals surface area contributed by atoms with Gasteiger partial charge in [-0.3, -0.25) is 0 Å². The molecule has 3 aromatic rings. The number of nitrogens with zero attached hydrogens (tertiary/aromatic N) is 5. The molecule has 0 unspecified atom stereocenters. The molecule has 0 atom stereocenters. The van der Waals surface area contributed by atoms with Crippen LogP contribution in [0.1, 0.15) is 9.88 Å². The van der Waals surface area contributed by atoms with E-state index in [-0.39, 0.29) is 5.82 Å². The Labute approximate surface area is 118 Å². The number of benzene rings is 1. The van der Waals surface area contributed by atoms with Crippen molar-refractivity contribution in [2.24, 2.45) is 0 Å². The fourth-order valence-corrected chi connectivity index (χ4v) is 2.47. The van der Waals surface area contributed by atoms with Crippen molar-refractivity contribution in [2.75, 3.05) is 5.32 Å². The summed E-state index contributed by atoms with van der Waals surface area (Å²) in [5.41, 5.74) is 1.10. The van der Waals surface area contributed by atoms with Crippen LogP contribution in [0.4, 0.5) is 10.1 Å². The third-order valence-electron chi connectivity index (χ3n) is 2.69. The van der Waals surface area contributed by atoms with Gasteiger partial charge in [0.25, 0.3) is 0 Å². The number of rotatable bonds is 4. The van der Waals surface area contributed by atoms with Gasteiger partial charge in [0.05, 0.1) is 22.9 Å². The number of hydrogen-bond acceptors (Lipinski definition) is 6. The molecule has 2 heterocycles. The number of anilines is 1. The average Bonchev–Trinajstić information content (AvgIpc) is 3.09. The monoisotopic (exact) mass is 290 g/mol. The van der Waals surface area contributed by atoms with Crippen molar-refractivity contribution in [1.82, 2.24) is 25.2 Å². The first-order valence-electron chi connectivity index (χ1n) is 5.90. The van der Waals surface area contributed by atoms with E-state index in [0.29, 0.717) is 17.9 Å². The van der Waals surface area contributed by atoms with Crippen molar-refractivity contribution in [3.05, 3.63) is 46.4 Å². The van der Waals surface area contributed by atoms with E-state index in [1.807, 2.05) is 6.92 Å². The molecule has 20 heavy (non-hydrogen) atoms. The van der Waals surface area contributed by atoms with Crippen molar-refractivity contribution < 1.29 is 4.39 Å². The molecule has 1 N–H and O–H groups in total. The molecule has 0 saturated carbocycles. The third-order valence-corrected chi connectivity index (χ3v) is 3.60. The van der Waals surface area contributed by atoms with Gasteiger partial charge in [-0.15, -0.1) is 16.4 Å². The lowest BCUT2D eigenvalue weighted by atomic mass is 10.2. The number of tetrazole rings is 1. The van der Waals surface area contributed by atoms with Gasteiger partial charge in [0.1, 0.15) is 12.1 Å². The number of halogens is 1. The summed E-state index contributed by atoms with van der Waals surface area (Å²) in [6.07, 6.45) is 3.25. The van der Waals surface area contributed by atoms with Gasteiger partial charge >= 0.3 is 0 Å². The topological polar surface area (TPSA) is 68.5 Å². The second-order valence-electron chi connectivity index (χ2n) is 4.12. The Hall–Kier alpha value is -2.35. The Bertz CT molecular complexity index is 709. The molecule has 0 bridgehead atoms. The molecule has 0 amide bonds. The van der Waals surface area contributed by atoms with Crippen molar-refractivity contribution in [3.8, 4) is 5.69 Å². The summed E-state index contributed by atoms with van der Waals surface area (Å²) in [7, 11) is 0. The molecule has 0 spiro atoms. The normalized spacial score (nSPS) is 10.7. The Morgan fingerprint density at radius 1 is 1.40 bits per heavy atom. The highest BCUT2D eigenvalue weighted by atomic mass is 32.1. The summed E-state index contributed by atoms with van der Waals surface area (Å²) >= 11 is 1.58. The van der Waals surface area contributed by atoms with Gasteiger partial charge in [-0.1, -0.05) is 0 Å². The number of nitrogens with one attached hydrogen (secondary N) is 1. The molecular weight excluding hydrogens is 279 g/mol. The zero-order valence-corrected chi connectivity index (χ0v) is 11.4. The Morgan fingerprint density at radius 3 is 3.00 bits per heavy atom. The zero-order chi connectivity index (χ0) is 13.9. The Kier molecular flexibility index (Phi) is 3.38. The van der Waals surface area contributed by atoms with Gasteiger partial charge in [0.15, 0.2) is 0 Å². The van der Waals surface area contributed by atoms with Gasteiger partial charge in [-0.05, 0) is 35.5 Å². The second-order valence-corrected chi connectivity index (χ2v) is 5.44. The first kappa shape index (κ1) is 12.7. The minimum atomic E-state index is -0.317. The van der Waals surface area contributed by atoms with Crippen LogP contribution in [-0.4, -0.2) is 25.2 Å². The summed E-state index contributed by atoms with van der Waals surface area (Å²) in [5.74, 6) is -0.317. The largest absolute Gasteiger partial charge is 0.378 e. The van der Waals surface area contributed by atoms with E-state index < -0.39 is 0 Å². The molecule has 0 saturated heterocycles. The molecule has 0 fully saturated rings. The van der Waals surface area contributed by atoms with E-state index in [1.165, 1.54) is 17.1 Å². The van der Waals surface area contributed by atoms with E-state index in [4.69, 9.17) is 0 Å². The first-order valence-corrected chi connectivity index (χ1v) is 6.72. The molecule has 0 aliphatic carbocycles. The minimum absolute atomic E-state index is 0.317. The lowest BCUT2D eigenvalue weighted by Crippen LogP contribution is -2.02. The number of thiazole rings is 1. The zero-order valence-electron chi connectivity index (χ0n) is 10.6. The maximum absolute atomic E-state index is 13.8. The van der Waals surface area contributed by atoms with Gasteiger partial charge in [-0.25, -0.2) is 14.1 Å². The molecular formula is C12H11FN6S. The van der Waals surface area contributed by atoms with Crippen LogP contribution in [0.15, 0.2) is 30.7 Å². The molecule has 3 rings (SSSR count). The molecule has 2 aromatic heterocycles. The maximum Gasteiger partial charge on any atom is 0.146 e. The molecule has 0 aliphatic rings. The van der Waals surface area contributed by atoms with Crippen LogP contribution in [-0.2, 0) is 6.54 Å². The lowest BCUT2D eigenvalue weighted by Gasteiger charge is -2.08. The highest BCUT2D eigenvalue weighted by Gasteiger charge is 2.06. The standard InChI is InChI=1S/C12H11FN6S/c1-8-14-5-10(20-8)6-15-12-4-9(2-3-11(12)13)19-7-16-17-18-19/h2-5,7,15H,6H2,1H3. The van der Waals surface area contributed by atoms with Crippen molar-refractivity contribution in [2.45, 2.75) is 13.5 Å². The second kappa shape index (κ2) is 5.33. The molecule has 1 aromatic carbocycles. The van der Waals surface area contributed by atoms with Gasteiger partial charge < -0.3 is 5.32 Å². The molecule has 0 aliphatic heterocycles. The van der Waals surface area contributed by atoms with Crippen LogP contribution in [0.5, 0.6) is 0 Å². The number of aromatic nitrogens is 5. The Morgan fingerprint density at radius 2 is 2.30 bits per heavy atom. The summed E-state index contributed by atoms with van der Waals surface area (Å²) in [5, 5.41) is 14.9. The molecule has 0 radical (unpaired) electrons. The summed E-state index contributed by atoms with van der Waals surface area (Å²) < 4.78 is 15.3. The molecule has 102 valence electrons. The maximum atomic E-state index is 13.8. The highest BCUT2D eigenvalue weighted by molar-refractivity contribution is 7.11. The van der Waals surface area contributed by atoms with E-state index in [1.54, 1.807) is 29.7 Å². The van der Waals surface area contributed by atoms with E-state index in [2.05, 4.69) is 25.8 Å². The quantitative estimate of drug-likeness (QED) is 0.797. The Balaban J connectivity index is 1.80.